The van der Waals surface area contributed by atoms with Crippen LogP contribution in [0, 0.1) is 5.92 Å². The topological polar surface area (TPSA) is 96.9 Å². The Bertz CT molecular complexity index is 1770. The zero-order chi connectivity index (χ0) is 36.8. The molecule has 11 heteroatoms. The van der Waals surface area contributed by atoms with Gasteiger partial charge in [-0.3, -0.25) is 9.59 Å². The third kappa shape index (κ3) is 8.54. The van der Waals surface area contributed by atoms with Crippen LogP contribution in [0.4, 0.5) is 0 Å². The molecule has 0 aliphatic carbocycles. The quantitative estimate of drug-likeness (QED) is 0.166. The molecule has 6 rings (SSSR count). The zero-order valence-electron chi connectivity index (χ0n) is 30.4. The number of methoxy groups -OCH3 is 2. The number of likely N-dealkylation sites (tertiary alicyclic amines) is 2. The number of ether oxygens (including phenoxy) is 2. The summed E-state index contributed by atoms with van der Waals surface area (Å²) in [5, 5.41) is 4.69. The van der Waals surface area contributed by atoms with Crippen molar-refractivity contribution in [3.8, 4) is 45.4 Å². The van der Waals surface area contributed by atoms with Crippen LogP contribution in [0.5, 0.6) is 11.8 Å². The Kier molecular flexibility index (Phi) is 12.4. The van der Waals surface area contributed by atoms with Gasteiger partial charge in [0.25, 0.3) is 0 Å². The Hall–Kier alpha value is -4.18. The van der Waals surface area contributed by atoms with Crippen molar-refractivity contribution in [1.82, 2.24) is 25.1 Å². The summed E-state index contributed by atoms with van der Waals surface area (Å²) >= 11 is 14.3. The number of halogens is 2. The lowest BCUT2D eigenvalue weighted by molar-refractivity contribution is -0.130. The number of carbonyl (C=O) groups excluding carboxylic acids is 2. The first-order valence-electron chi connectivity index (χ1n) is 18.1. The molecule has 0 saturated carbocycles. The minimum Gasteiger partial charge on any atom is -0.481 e. The number of aromatic nitrogens is 2. The van der Waals surface area contributed by atoms with Crippen LogP contribution in [0.15, 0.2) is 60.7 Å². The SMILES string of the molecule is COc1nc(-c2cccc(-c3cccc(-c4ccc(CNC5CCN(C(C)=O)CC5)c(OC)n4)c3Cl)c2Cl)ccc1CCC1CCN(C(C)=O)CC1. The number of nitrogens with one attached hydrogen (secondary N) is 1. The van der Waals surface area contributed by atoms with Gasteiger partial charge in [-0.05, 0) is 56.6 Å². The number of aryl methyl sites for hydroxylation is 1. The van der Waals surface area contributed by atoms with E-state index in [9.17, 15) is 9.59 Å². The van der Waals surface area contributed by atoms with Gasteiger partial charge in [0.1, 0.15) is 0 Å². The monoisotopic (exact) mass is 743 g/mol. The highest BCUT2D eigenvalue weighted by molar-refractivity contribution is 6.39. The Morgan fingerprint density at radius 2 is 1.15 bits per heavy atom. The lowest BCUT2D eigenvalue weighted by Gasteiger charge is -2.31. The molecule has 0 spiro atoms. The van der Waals surface area contributed by atoms with Crippen molar-refractivity contribution >= 4 is 35.0 Å². The van der Waals surface area contributed by atoms with Crippen LogP contribution in [-0.4, -0.2) is 78.0 Å². The van der Waals surface area contributed by atoms with Gasteiger partial charge in [0.15, 0.2) is 0 Å². The molecule has 0 atom stereocenters. The minimum atomic E-state index is 0.131. The van der Waals surface area contributed by atoms with E-state index in [1.165, 1.54) is 0 Å². The van der Waals surface area contributed by atoms with E-state index < -0.39 is 0 Å². The number of nitrogens with zero attached hydrogens (tertiary/aromatic N) is 4. The second-order valence-electron chi connectivity index (χ2n) is 13.7. The van der Waals surface area contributed by atoms with Gasteiger partial charge in [-0.2, -0.15) is 0 Å². The molecule has 2 aromatic heterocycles. The number of rotatable bonds is 11. The molecule has 2 aliphatic heterocycles. The summed E-state index contributed by atoms with van der Waals surface area (Å²) in [4.78, 5) is 37.0. The van der Waals surface area contributed by atoms with E-state index in [0.717, 1.165) is 104 Å². The molecule has 0 bridgehead atoms. The Morgan fingerprint density at radius 1 is 0.692 bits per heavy atom. The van der Waals surface area contributed by atoms with Gasteiger partial charge in [-0.15, -0.1) is 0 Å². The second kappa shape index (κ2) is 17.1. The smallest absolute Gasteiger partial charge is 0.219 e. The highest BCUT2D eigenvalue weighted by atomic mass is 35.5. The Balaban J connectivity index is 1.18. The van der Waals surface area contributed by atoms with E-state index in [1.54, 1.807) is 28.1 Å². The second-order valence-corrected chi connectivity index (χ2v) is 14.5. The molecule has 4 aromatic rings. The fourth-order valence-corrected chi connectivity index (χ4v) is 7.99. The van der Waals surface area contributed by atoms with E-state index in [2.05, 4.69) is 11.4 Å². The highest BCUT2D eigenvalue weighted by Gasteiger charge is 2.23. The normalized spacial score (nSPS) is 15.5. The first-order chi connectivity index (χ1) is 25.2. The van der Waals surface area contributed by atoms with Gasteiger partial charge in [0.2, 0.25) is 23.6 Å². The van der Waals surface area contributed by atoms with Crippen molar-refractivity contribution in [2.24, 2.45) is 5.92 Å². The molecular formula is C41H47Cl2N5O4. The minimum absolute atomic E-state index is 0.131. The Labute approximate surface area is 316 Å². The lowest BCUT2D eigenvalue weighted by Crippen LogP contribution is -2.44. The highest BCUT2D eigenvalue weighted by Crippen LogP contribution is 2.42. The largest absolute Gasteiger partial charge is 0.481 e. The number of benzene rings is 2. The zero-order valence-corrected chi connectivity index (χ0v) is 31.9. The number of piperidine rings is 2. The molecule has 0 radical (unpaired) electrons. The number of carbonyl (C=O) groups is 2. The molecular weight excluding hydrogens is 697 g/mol. The molecule has 52 heavy (non-hydrogen) atoms. The van der Waals surface area contributed by atoms with E-state index in [-0.39, 0.29) is 11.8 Å². The molecule has 9 nitrogen and oxygen atoms in total. The van der Waals surface area contributed by atoms with Gasteiger partial charge in [-0.1, -0.05) is 71.7 Å². The third-order valence-electron chi connectivity index (χ3n) is 10.5. The summed E-state index contributed by atoms with van der Waals surface area (Å²) in [6.07, 6.45) is 5.76. The standard InChI is InChI=1S/C41H47Cl2N5O4/c1-26(49)47-21-17-28(18-22-47)11-12-29-13-15-36(45-40(29)51-3)34-9-5-7-32(38(34)42)33-8-6-10-35(39(33)43)37-16-14-30(41(46-37)52-4)25-44-31-19-23-48(24-20-31)27(2)50/h5-10,13-16,28,31,44H,11-12,17-25H2,1-4H3. The molecule has 2 aromatic carbocycles. The number of hydrogen-bond acceptors (Lipinski definition) is 7. The van der Waals surface area contributed by atoms with Crippen LogP contribution in [0.2, 0.25) is 10.0 Å². The van der Waals surface area contributed by atoms with Gasteiger partial charge in [0, 0.05) is 86.0 Å². The lowest BCUT2D eigenvalue weighted by atomic mass is 9.90. The summed E-state index contributed by atoms with van der Waals surface area (Å²) in [5.74, 6) is 2.00. The maximum Gasteiger partial charge on any atom is 0.219 e. The van der Waals surface area contributed by atoms with Crippen molar-refractivity contribution < 1.29 is 19.1 Å². The summed E-state index contributed by atoms with van der Waals surface area (Å²) in [6, 6.07) is 20.1. The van der Waals surface area contributed by atoms with Crippen LogP contribution in [-0.2, 0) is 22.6 Å². The van der Waals surface area contributed by atoms with E-state index in [1.807, 2.05) is 64.4 Å². The van der Waals surface area contributed by atoms with Gasteiger partial charge < -0.3 is 24.6 Å². The first-order valence-corrected chi connectivity index (χ1v) is 18.8. The van der Waals surface area contributed by atoms with Gasteiger partial charge in [0.05, 0.1) is 35.7 Å². The van der Waals surface area contributed by atoms with Gasteiger partial charge in [-0.25, -0.2) is 9.97 Å². The summed E-state index contributed by atoms with van der Waals surface area (Å²) in [5.41, 5.74) is 6.55. The third-order valence-corrected chi connectivity index (χ3v) is 11.3. The van der Waals surface area contributed by atoms with Crippen LogP contribution in [0.3, 0.4) is 0 Å². The average Bonchev–Trinajstić information content (AvgIpc) is 3.17. The molecule has 2 saturated heterocycles. The molecule has 2 amide bonds. The first kappa shape index (κ1) is 37.6. The maximum absolute atomic E-state index is 11.7. The fourth-order valence-electron chi connectivity index (χ4n) is 7.34. The number of hydrogen-bond donors (Lipinski definition) is 1. The number of pyridine rings is 2. The summed E-state index contributed by atoms with van der Waals surface area (Å²) < 4.78 is 11.5. The van der Waals surface area contributed by atoms with E-state index >= 15 is 0 Å². The molecule has 2 fully saturated rings. The van der Waals surface area contributed by atoms with Crippen LogP contribution >= 0.6 is 23.2 Å². The molecule has 2 aliphatic rings. The molecule has 1 N–H and O–H groups in total. The van der Waals surface area contributed by atoms with Crippen LogP contribution in [0.25, 0.3) is 33.6 Å². The summed E-state index contributed by atoms with van der Waals surface area (Å²) in [6.45, 7) is 7.08. The predicted molar refractivity (Wildman–Crippen MR) is 207 cm³/mol. The van der Waals surface area contributed by atoms with Crippen LogP contribution < -0.4 is 14.8 Å². The summed E-state index contributed by atoms with van der Waals surface area (Å²) in [7, 11) is 3.28. The van der Waals surface area contributed by atoms with E-state index in [0.29, 0.717) is 46.0 Å². The number of amides is 2. The van der Waals surface area contributed by atoms with Crippen LogP contribution in [0.1, 0.15) is 57.1 Å². The van der Waals surface area contributed by atoms with Crippen molar-refractivity contribution in [3.63, 3.8) is 0 Å². The maximum atomic E-state index is 11.7. The van der Waals surface area contributed by atoms with Crippen molar-refractivity contribution in [2.75, 3.05) is 40.4 Å². The average molecular weight is 745 g/mol. The van der Waals surface area contributed by atoms with Crippen molar-refractivity contribution in [1.29, 1.82) is 0 Å². The molecule has 0 unspecified atom stereocenters. The van der Waals surface area contributed by atoms with E-state index in [4.69, 9.17) is 42.6 Å². The fraction of sp³-hybridized carbons (Fsp3) is 0.415. The molecule has 4 heterocycles. The van der Waals surface area contributed by atoms with Crippen molar-refractivity contribution in [3.05, 3.63) is 81.8 Å². The Morgan fingerprint density at radius 3 is 1.65 bits per heavy atom. The van der Waals surface area contributed by atoms with Gasteiger partial charge >= 0.3 is 0 Å². The predicted octanol–water partition coefficient (Wildman–Crippen LogP) is 8.09. The molecule has 274 valence electrons. The van der Waals surface area contributed by atoms with Crippen molar-refractivity contribution in [2.45, 2.75) is 65.0 Å².